The average molecular weight is 370 g/mol. The molecule has 2 saturated carbocycles. The van der Waals surface area contributed by atoms with Gasteiger partial charge in [0.15, 0.2) is 0 Å². The molecule has 0 amide bonds. The number of carbonyl (C=O) groups is 1. The smallest absolute Gasteiger partial charge is 0.317 e. The molecule has 0 spiro atoms. The van der Waals surface area contributed by atoms with Gasteiger partial charge in [-0.25, -0.2) is 17.5 Å². The van der Waals surface area contributed by atoms with Crippen LogP contribution in [0.25, 0.3) is 0 Å². The Bertz CT molecular complexity index is 758. The Hall–Kier alpha value is -1.51. The number of nitrogens with one attached hydrogen (secondary N) is 1. The van der Waals surface area contributed by atoms with E-state index in [1.165, 1.54) is 12.1 Å². The first-order valence-electron chi connectivity index (χ1n) is 8.49. The number of sulfonamides is 1. The van der Waals surface area contributed by atoms with E-state index in [0.29, 0.717) is 24.3 Å². The van der Waals surface area contributed by atoms with Crippen molar-refractivity contribution < 1.29 is 22.7 Å². The maximum absolute atomic E-state index is 13.2. The van der Waals surface area contributed by atoms with Crippen LogP contribution in [0.5, 0.6) is 0 Å². The van der Waals surface area contributed by atoms with Gasteiger partial charge in [0.25, 0.3) is 0 Å². The van der Waals surface area contributed by atoms with Crippen LogP contribution < -0.4 is 4.72 Å². The number of benzene rings is 1. The molecule has 0 heterocycles. The number of aryl methyl sites for hydroxylation is 1. The summed E-state index contributed by atoms with van der Waals surface area (Å²) >= 11 is 0. The largest absolute Gasteiger partial charge is 0.480 e. The Morgan fingerprint density at radius 3 is 2.60 bits per heavy atom. The minimum absolute atomic E-state index is 0.00227. The van der Waals surface area contributed by atoms with Crippen LogP contribution in [-0.4, -0.2) is 49.6 Å². The Morgan fingerprint density at radius 2 is 2.04 bits per heavy atom. The van der Waals surface area contributed by atoms with Gasteiger partial charge in [-0.2, -0.15) is 0 Å². The fourth-order valence-electron chi connectivity index (χ4n) is 3.33. The second-order valence-electron chi connectivity index (χ2n) is 7.12. The van der Waals surface area contributed by atoms with E-state index in [4.69, 9.17) is 5.11 Å². The van der Waals surface area contributed by atoms with Crippen molar-refractivity contribution in [2.75, 3.05) is 13.1 Å². The van der Waals surface area contributed by atoms with Crippen molar-refractivity contribution >= 4 is 16.0 Å². The van der Waals surface area contributed by atoms with E-state index in [-0.39, 0.29) is 23.5 Å². The van der Waals surface area contributed by atoms with Crippen molar-refractivity contribution in [1.29, 1.82) is 0 Å². The number of halogens is 1. The average Bonchev–Trinajstić information content (AvgIpc) is 3.24. The van der Waals surface area contributed by atoms with Crippen LogP contribution in [0, 0.1) is 18.7 Å². The zero-order valence-electron chi connectivity index (χ0n) is 14.1. The highest BCUT2D eigenvalue weighted by molar-refractivity contribution is 7.89. The number of hydrogen-bond donors (Lipinski definition) is 2. The van der Waals surface area contributed by atoms with Crippen molar-refractivity contribution in [3.63, 3.8) is 0 Å². The van der Waals surface area contributed by atoms with Crippen LogP contribution in [0.4, 0.5) is 4.39 Å². The highest BCUT2D eigenvalue weighted by atomic mass is 32.2. The summed E-state index contributed by atoms with van der Waals surface area (Å²) in [4.78, 5) is 13.1. The van der Waals surface area contributed by atoms with Gasteiger partial charge in [0.1, 0.15) is 5.82 Å². The van der Waals surface area contributed by atoms with Gasteiger partial charge in [-0.15, -0.1) is 0 Å². The van der Waals surface area contributed by atoms with Crippen molar-refractivity contribution in [3.05, 3.63) is 29.6 Å². The van der Waals surface area contributed by atoms with Gasteiger partial charge >= 0.3 is 5.97 Å². The van der Waals surface area contributed by atoms with Crippen LogP contribution >= 0.6 is 0 Å². The quantitative estimate of drug-likeness (QED) is 0.728. The molecular weight excluding hydrogens is 347 g/mol. The molecule has 0 saturated heterocycles. The van der Waals surface area contributed by atoms with Crippen molar-refractivity contribution in [3.8, 4) is 0 Å². The Balaban J connectivity index is 1.59. The van der Waals surface area contributed by atoms with Gasteiger partial charge in [-0.3, -0.25) is 9.69 Å². The van der Waals surface area contributed by atoms with Crippen LogP contribution in [0.2, 0.25) is 0 Å². The molecule has 2 N–H and O–H groups in total. The normalized spacial score (nSPS) is 23.5. The van der Waals surface area contributed by atoms with Crippen molar-refractivity contribution in [1.82, 2.24) is 9.62 Å². The maximum atomic E-state index is 13.2. The summed E-state index contributed by atoms with van der Waals surface area (Å²) in [6.07, 6.45) is 3.48. The summed E-state index contributed by atoms with van der Waals surface area (Å²) in [5.41, 5.74) is 0.365. The maximum Gasteiger partial charge on any atom is 0.317 e. The minimum atomic E-state index is -3.70. The van der Waals surface area contributed by atoms with Gasteiger partial charge in [-0.1, -0.05) is 0 Å². The van der Waals surface area contributed by atoms with Crippen LogP contribution in [0.1, 0.15) is 31.2 Å². The standard InChI is InChI=1S/C17H23FN2O4S/c1-11-6-13(18)4-5-16(11)25(23,24)19-14-7-15(8-14)20(10-17(21)22)9-12-2-3-12/h4-6,12,14-15,19H,2-3,7-10H2,1H3,(H,21,22). The predicted octanol–water partition coefficient (Wildman–Crippen LogP) is 1.74. The number of nitrogens with zero attached hydrogens (tertiary/aromatic N) is 1. The van der Waals surface area contributed by atoms with E-state index in [1.54, 1.807) is 6.92 Å². The summed E-state index contributed by atoms with van der Waals surface area (Å²) in [5, 5.41) is 9.06. The third kappa shape index (κ3) is 4.56. The molecule has 138 valence electrons. The lowest BCUT2D eigenvalue weighted by molar-refractivity contribution is -0.139. The summed E-state index contributed by atoms with van der Waals surface area (Å²) < 4.78 is 40.7. The van der Waals surface area contributed by atoms with Crippen LogP contribution in [0.15, 0.2) is 23.1 Å². The second kappa shape index (κ2) is 7.01. The van der Waals surface area contributed by atoms with E-state index < -0.39 is 21.8 Å². The molecule has 2 aliphatic carbocycles. The summed E-state index contributed by atoms with van der Waals surface area (Å²) in [7, 11) is -3.70. The Kier molecular flexibility index (Phi) is 5.13. The van der Waals surface area contributed by atoms with Crippen LogP contribution in [-0.2, 0) is 14.8 Å². The van der Waals surface area contributed by atoms with Crippen molar-refractivity contribution in [2.45, 2.75) is 49.6 Å². The number of carboxylic acids is 1. The van der Waals surface area contributed by atoms with Gasteiger partial charge in [0.2, 0.25) is 10.0 Å². The molecule has 0 aliphatic heterocycles. The first-order chi connectivity index (χ1) is 11.7. The first-order valence-corrected chi connectivity index (χ1v) is 9.97. The zero-order valence-corrected chi connectivity index (χ0v) is 14.9. The molecule has 3 rings (SSSR count). The van der Waals surface area contributed by atoms with Gasteiger partial charge < -0.3 is 5.11 Å². The van der Waals surface area contributed by atoms with E-state index in [1.807, 2.05) is 4.90 Å². The van der Waals surface area contributed by atoms with E-state index in [2.05, 4.69) is 4.72 Å². The fourth-order valence-corrected chi connectivity index (χ4v) is 4.82. The molecule has 0 bridgehead atoms. The zero-order chi connectivity index (χ0) is 18.2. The monoisotopic (exact) mass is 370 g/mol. The minimum Gasteiger partial charge on any atom is -0.480 e. The van der Waals surface area contributed by atoms with E-state index in [0.717, 1.165) is 25.5 Å². The number of aliphatic carboxylic acids is 1. The van der Waals surface area contributed by atoms with Gasteiger partial charge in [0, 0.05) is 18.6 Å². The summed E-state index contributed by atoms with van der Waals surface area (Å²) in [6, 6.07) is 3.48. The highest BCUT2D eigenvalue weighted by Gasteiger charge is 2.39. The van der Waals surface area contributed by atoms with Crippen molar-refractivity contribution in [2.24, 2.45) is 5.92 Å². The van der Waals surface area contributed by atoms with Crippen LogP contribution in [0.3, 0.4) is 0 Å². The first kappa shape index (κ1) is 18.3. The molecule has 0 radical (unpaired) electrons. The Labute approximate surface area is 147 Å². The molecule has 2 fully saturated rings. The molecule has 8 heteroatoms. The Morgan fingerprint density at radius 1 is 1.36 bits per heavy atom. The van der Waals surface area contributed by atoms with Gasteiger partial charge in [0.05, 0.1) is 11.4 Å². The lowest BCUT2D eigenvalue weighted by atomic mass is 9.86. The molecule has 6 nitrogen and oxygen atoms in total. The lowest BCUT2D eigenvalue weighted by Crippen LogP contribution is -2.55. The summed E-state index contributed by atoms with van der Waals surface area (Å²) in [5.74, 6) is -0.742. The third-order valence-electron chi connectivity index (χ3n) is 4.91. The highest BCUT2D eigenvalue weighted by Crippen LogP contribution is 2.34. The van der Waals surface area contributed by atoms with E-state index in [9.17, 15) is 17.6 Å². The lowest BCUT2D eigenvalue weighted by Gasteiger charge is -2.42. The summed E-state index contributed by atoms with van der Waals surface area (Å²) in [6.45, 7) is 2.33. The SMILES string of the molecule is Cc1cc(F)ccc1S(=O)(=O)NC1CC(N(CC(=O)O)CC2CC2)C1. The third-order valence-corrected chi connectivity index (χ3v) is 6.59. The molecule has 1 aromatic carbocycles. The molecule has 0 aromatic heterocycles. The molecule has 2 aliphatic rings. The number of hydrogen-bond acceptors (Lipinski definition) is 4. The topological polar surface area (TPSA) is 86.7 Å². The molecule has 0 unspecified atom stereocenters. The predicted molar refractivity (Wildman–Crippen MR) is 90.2 cm³/mol. The molecular formula is C17H23FN2O4S. The number of carboxylic acid groups (broad SMARTS) is 1. The molecule has 25 heavy (non-hydrogen) atoms. The van der Waals surface area contributed by atoms with E-state index >= 15 is 0 Å². The molecule has 0 atom stereocenters. The van der Waals surface area contributed by atoms with Gasteiger partial charge in [-0.05, 0) is 62.3 Å². The second-order valence-corrected chi connectivity index (χ2v) is 8.80. The molecule has 1 aromatic rings. The fraction of sp³-hybridized carbons (Fsp3) is 0.588. The number of rotatable bonds is 8.